The van der Waals surface area contributed by atoms with E-state index in [1.807, 2.05) is 18.7 Å². The van der Waals surface area contributed by atoms with Crippen molar-refractivity contribution in [1.82, 2.24) is 24.8 Å². The number of nitrogens with one attached hydrogen (secondary N) is 1. The average molecular weight is 515 g/mol. The zero-order valence-corrected chi connectivity index (χ0v) is 21.0. The van der Waals surface area contributed by atoms with Crippen LogP contribution in [0.25, 0.3) is 11.2 Å². The molecule has 1 saturated heterocycles. The van der Waals surface area contributed by atoms with Gasteiger partial charge in [-0.15, -0.1) is 0 Å². The van der Waals surface area contributed by atoms with E-state index in [9.17, 15) is 4.39 Å². The maximum absolute atomic E-state index is 13.6. The minimum atomic E-state index is -1.59. The van der Waals surface area contributed by atoms with E-state index in [2.05, 4.69) is 44.8 Å². The Morgan fingerprint density at radius 2 is 2.23 bits per heavy atom. The largest absolute Gasteiger partial charge is 0.375 e. The van der Waals surface area contributed by atoms with Crippen molar-refractivity contribution in [3.05, 3.63) is 18.3 Å². The topological polar surface area (TPSA) is 102 Å². The SMILES string of the molecule is CNC.COC=[P+](S)OCCn1c(COP(S)OC2COCC2F)nc2cncnc21. The van der Waals surface area contributed by atoms with E-state index in [0.29, 0.717) is 30.1 Å². The second-order valence-corrected chi connectivity index (χ2v) is 10.3. The Kier molecular flexibility index (Phi) is 12.7. The van der Waals surface area contributed by atoms with E-state index in [1.54, 1.807) is 13.3 Å². The van der Waals surface area contributed by atoms with Gasteiger partial charge in [0.25, 0.3) is 5.98 Å². The van der Waals surface area contributed by atoms with Crippen molar-refractivity contribution in [2.75, 3.05) is 41.0 Å². The maximum atomic E-state index is 13.6. The Morgan fingerprint density at radius 3 is 2.90 bits per heavy atom. The summed E-state index contributed by atoms with van der Waals surface area (Å²) in [6.45, 7) is 0.140. The normalized spacial score (nSPS) is 20.0. The van der Waals surface area contributed by atoms with Gasteiger partial charge in [-0.05, 0) is 14.1 Å². The fraction of sp³-hybridized carbons (Fsp3) is 0.625. The Labute approximate surface area is 193 Å². The zero-order chi connectivity index (χ0) is 22.6. The highest BCUT2D eigenvalue weighted by Crippen LogP contribution is 2.46. The van der Waals surface area contributed by atoms with E-state index in [4.69, 9.17) is 23.0 Å². The molecule has 2 aromatic rings. The van der Waals surface area contributed by atoms with Crippen molar-refractivity contribution in [3.8, 4) is 0 Å². The number of hydrogen-bond donors (Lipinski definition) is 3. The van der Waals surface area contributed by atoms with Crippen molar-refractivity contribution in [2.45, 2.75) is 25.4 Å². The maximum Gasteiger partial charge on any atom is 0.351 e. The van der Waals surface area contributed by atoms with Gasteiger partial charge in [0.05, 0.1) is 26.0 Å². The first kappa shape index (κ1) is 26.8. The van der Waals surface area contributed by atoms with Crippen molar-refractivity contribution in [2.24, 2.45) is 0 Å². The molecule has 0 aromatic carbocycles. The van der Waals surface area contributed by atoms with Crippen LogP contribution in [0.5, 0.6) is 0 Å². The summed E-state index contributed by atoms with van der Waals surface area (Å²) in [5, 5.41) is 2.75. The van der Waals surface area contributed by atoms with Crippen molar-refractivity contribution in [3.63, 3.8) is 0 Å². The molecule has 31 heavy (non-hydrogen) atoms. The highest BCUT2D eigenvalue weighted by atomic mass is 32.7. The molecule has 174 valence electrons. The first-order valence-corrected chi connectivity index (χ1v) is 14.0. The summed E-state index contributed by atoms with van der Waals surface area (Å²) in [4.78, 5) is 12.8. The number of alkyl halides is 1. The molecule has 0 aliphatic carbocycles. The van der Waals surface area contributed by atoms with E-state index in [1.165, 1.54) is 12.3 Å². The van der Waals surface area contributed by atoms with Gasteiger partial charge < -0.3 is 28.4 Å². The number of halogens is 1. The molecule has 4 atom stereocenters. The molecule has 1 N–H and O–H groups in total. The lowest BCUT2D eigenvalue weighted by molar-refractivity contribution is 0.123. The molecule has 1 fully saturated rings. The minimum Gasteiger partial charge on any atom is -0.375 e. The van der Waals surface area contributed by atoms with Crippen LogP contribution in [-0.2, 0) is 36.2 Å². The van der Waals surface area contributed by atoms with Crippen LogP contribution in [0.2, 0.25) is 0 Å². The van der Waals surface area contributed by atoms with Crippen LogP contribution in [0.4, 0.5) is 4.39 Å². The van der Waals surface area contributed by atoms with E-state index < -0.39 is 26.8 Å². The Hall–Kier alpha value is -0.460. The second kappa shape index (κ2) is 14.6. The fourth-order valence-electron chi connectivity index (χ4n) is 2.48. The molecule has 1 aliphatic heterocycles. The lowest BCUT2D eigenvalue weighted by atomic mass is 10.3. The molecule has 0 bridgehead atoms. The summed E-state index contributed by atoms with van der Waals surface area (Å²) in [5.74, 6) is 2.15. The van der Waals surface area contributed by atoms with Gasteiger partial charge in [-0.1, -0.05) is 12.2 Å². The van der Waals surface area contributed by atoms with Gasteiger partial charge >= 0.3 is 6.97 Å². The molecule has 3 heterocycles. The average Bonchev–Trinajstić information content (AvgIpc) is 3.30. The molecule has 0 amide bonds. The monoisotopic (exact) mass is 514 g/mol. The number of rotatable bonds is 10. The predicted molar refractivity (Wildman–Crippen MR) is 127 cm³/mol. The third kappa shape index (κ3) is 8.77. The molecule has 1 aliphatic rings. The standard InChI is InChI=1S/C14H20FN4O5P2S2.C2H7N/c1-20-9-25(27)22-3-2-19-13(18-11-4-16-8-17-14(11)19)7-23-26(28)24-12-6-21-5-10(12)15;1-3-2/h4,8-10,12,27-28H,2-3,5-7H2,1H3;3H,1-2H3/q+1;. The van der Waals surface area contributed by atoms with Gasteiger partial charge in [-0.3, -0.25) is 0 Å². The third-order valence-corrected chi connectivity index (χ3v) is 6.61. The summed E-state index contributed by atoms with van der Waals surface area (Å²) >= 11 is 8.57. The number of methoxy groups -OCH3 is 1. The van der Waals surface area contributed by atoms with Gasteiger partial charge in [0, 0.05) is 7.11 Å². The molecule has 10 nitrogen and oxygen atoms in total. The lowest BCUT2D eigenvalue weighted by Gasteiger charge is -2.17. The van der Waals surface area contributed by atoms with Crippen LogP contribution in [0.15, 0.2) is 12.5 Å². The number of fused-ring (bicyclic) bond motifs is 1. The number of thiol groups is 2. The Balaban J connectivity index is 0.00000107. The van der Waals surface area contributed by atoms with E-state index in [0.717, 1.165) is 0 Å². The van der Waals surface area contributed by atoms with Crippen molar-refractivity contribution in [1.29, 1.82) is 0 Å². The molecular weight excluding hydrogens is 487 g/mol. The van der Waals surface area contributed by atoms with Crippen LogP contribution in [0, 0.1) is 0 Å². The first-order chi connectivity index (χ1) is 15.0. The van der Waals surface area contributed by atoms with Gasteiger partial charge in [-0.25, -0.2) is 19.3 Å². The number of aromatic nitrogens is 4. The van der Waals surface area contributed by atoms with Gasteiger partial charge in [0.1, 0.15) is 49.2 Å². The zero-order valence-electron chi connectivity index (χ0n) is 17.4. The van der Waals surface area contributed by atoms with Gasteiger partial charge in [0.15, 0.2) is 11.8 Å². The van der Waals surface area contributed by atoms with E-state index >= 15 is 0 Å². The fourth-order valence-corrected chi connectivity index (χ4v) is 4.77. The summed E-state index contributed by atoms with van der Waals surface area (Å²) in [6.07, 6.45) is 1.25. The molecular formula is C16H27FN5O5P2S2+. The second-order valence-electron chi connectivity index (χ2n) is 6.10. The van der Waals surface area contributed by atoms with Crippen LogP contribution in [-0.4, -0.2) is 78.8 Å². The summed E-state index contributed by atoms with van der Waals surface area (Å²) in [7, 11) is 3.71. The molecule has 3 rings (SSSR count). The number of hydrogen-bond acceptors (Lipinski definition) is 11. The van der Waals surface area contributed by atoms with Gasteiger partial charge in [-0.2, -0.15) is 4.52 Å². The highest BCUT2D eigenvalue weighted by molar-refractivity contribution is 8.42. The van der Waals surface area contributed by atoms with Crippen LogP contribution >= 0.6 is 39.0 Å². The van der Waals surface area contributed by atoms with Crippen LogP contribution in [0.3, 0.4) is 0 Å². The lowest BCUT2D eigenvalue weighted by Crippen LogP contribution is -2.21. The molecule has 0 saturated carbocycles. The quantitative estimate of drug-likeness (QED) is 0.326. The number of nitrogens with zero attached hydrogens (tertiary/aromatic N) is 4. The minimum absolute atomic E-state index is 0.0320. The summed E-state index contributed by atoms with van der Waals surface area (Å²) < 4.78 is 42.1. The molecule has 15 heteroatoms. The number of imidazole rings is 1. The van der Waals surface area contributed by atoms with Crippen molar-refractivity contribution >= 4 is 56.2 Å². The Bertz CT molecular complexity index is 837. The Morgan fingerprint density at radius 1 is 1.45 bits per heavy atom. The summed E-state index contributed by atoms with van der Waals surface area (Å²) in [6, 6.07) is 0. The van der Waals surface area contributed by atoms with Gasteiger partial charge in [0.2, 0.25) is 7.58 Å². The first-order valence-electron chi connectivity index (χ1n) is 9.21. The molecule has 4 unspecified atom stereocenters. The highest BCUT2D eigenvalue weighted by Gasteiger charge is 2.31. The van der Waals surface area contributed by atoms with E-state index in [-0.39, 0.29) is 19.8 Å². The van der Waals surface area contributed by atoms with Crippen LogP contribution in [0.1, 0.15) is 5.82 Å². The third-order valence-electron chi connectivity index (χ3n) is 3.72. The van der Waals surface area contributed by atoms with Crippen molar-refractivity contribution < 1.29 is 27.4 Å². The van der Waals surface area contributed by atoms with Crippen LogP contribution < -0.4 is 5.32 Å². The predicted octanol–water partition coefficient (Wildman–Crippen LogP) is 2.75. The summed E-state index contributed by atoms with van der Waals surface area (Å²) in [5.41, 5.74) is 1.30. The molecule has 0 radical (unpaired) electrons. The molecule has 0 spiro atoms. The number of ether oxygens (including phenoxy) is 2. The molecule has 2 aromatic heterocycles. The smallest absolute Gasteiger partial charge is 0.351 e.